The van der Waals surface area contributed by atoms with Gasteiger partial charge in [0.15, 0.2) is 17.2 Å². The molecule has 13 heteroatoms. The van der Waals surface area contributed by atoms with E-state index < -0.39 is 37.0 Å². The molecule has 1 atom stereocenters. The molecule has 0 bridgehead atoms. The molecule has 0 radical (unpaired) electrons. The van der Waals surface area contributed by atoms with Crippen molar-refractivity contribution < 1.29 is 43.2 Å². The number of carbonyl (C=O) groups is 3. The summed E-state index contributed by atoms with van der Waals surface area (Å²) in [5.41, 5.74) is 5.72. The zero-order valence-electron chi connectivity index (χ0n) is 18.1. The van der Waals surface area contributed by atoms with Gasteiger partial charge in [-0.25, -0.2) is 9.59 Å². The minimum absolute atomic E-state index is 0.0126. The number of ketones is 1. The van der Waals surface area contributed by atoms with Gasteiger partial charge in [-0.15, -0.1) is 9.90 Å². The van der Waals surface area contributed by atoms with Crippen molar-refractivity contribution >= 4 is 23.8 Å². The van der Waals surface area contributed by atoms with Crippen molar-refractivity contribution in [2.45, 2.75) is 39.7 Å². The Bertz CT molecular complexity index is 1000. The highest BCUT2D eigenvalue weighted by atomic mass is 16.7. The first-order chi connectivity index (χ1) is 15.1. The van der Waals surface area contributed by atoms with Crippen LogP contribution in [-0.4, -0.2) is 58.5 Å². The minimum Gasteiger partial charge on any atom is -0.493 e. The number of carboxylic acid groups (broad SMARTS) is 1. The van der Waals surface area contributed by atoms with Crippen LogP contribution in [-0.2, 0) is 20.9 Å². The molecule has 1 heterocycles. The minimum atomic E-state index is -1.58. The zero-order valence-corrected chi connectivity index (χ0v) is 18.1. The molecule has 1 aromatic heterocycles. The second-order valence-electron chi connectivity index (χ2n) is 6.65. The summed E-state index contributed by atoms with van der Waals surface area (Å²) >= 11 is 0. The molecule has 2 aromatic rings. The van der Waals surface area contributed by atoms with Crippen LogP contribution >= 0.6 is 0 Å². The third kappa shape index (κ3) is 5.77. The van der Waals surface area contributed by atoms with E-state index in [2.05, 4.69) is 10.2 Å². The van der Waals surface area contributed by atoms with Crippen LogP contribution in [0, 0.1) is 0 Å². The maximum Gasteiger partial charge on any atom is 0.510 e. The highest BCUT2D eigenvalue weighted by Crippen LogP contribution is 2.33. The van der Waals surface area contributed by atoms with Gasteiger partial charge >= 0.3 is 12.3 Å². The maximum atomic E-state index is 13.2. The van der Waals surface area contributed by atoms with Crippen LogP contribution in [0.1, 0.15) is 48.6 Å². The lowest BCUT2D eigenvalue weighted by Gasteiger charge is -2.12. The third-order valence-corrected chi connectivity index (χ3v) is 3.99. The predicted octanol–water partition coefficient (Wildman–Crippen LogP) is 2.38. The van der Waals surface area contributed by atoms with E-state index in [-0.39, 0.29) is 28.4 Å². The summed E-state index contributed by atoms with van der Waals surface area (Å²) in [6.07, 6.45) is -4.11. The lowest BCUT2D eigenvalue weighted by atomic mass is 10.0. The third-order valence-electron chi connectivity index (χ3n) is 3.99. The van der Waals surface area contributed by atoms with Crippen molar-refractivity contribution in [3.05, 3.63) is 29.1 Å². The number of rotatable bonds is 9. The first-order valence-electron chi connectivity index (χ1n) is 9.31. The lowest BCUT2D eigenvalue weighted by molar-refractivity contribution is 0.00945. The molecule has 13 nitrogen and oxygen atoms in total. The molecule has 1 aromatic carbocycles. The Labute approximate surface area is 182 Å². The molecule has 0 aliphatic heterocycles. The van der Waals surface area contributed by atoms with E-state index in [4.69, 9.17) is 34.5 Å². The molecular weight excluding hydrogens is 428 g/mol. The molecule has 3 N–H and O–H groups in total. The van der Waals surface area contributed by atoms with E-state index in [1.165, 1.54) is 33.3 Å². The standard InChI is InChI=1S/C19H24N4O9/c1-9(2)31-19(27)30-8-23-21-15(10(3)32-18(25)26)16(22-23)17(24)11-6-13(28-4)14(29-5)7-12(11)20/h6-7,9-10H,8,20H2,1-5H3,(H,25,26). The van der Waals surface area contributed by atoms with E-state index in [1.807, 2.05) is 0 Å². The number of benzene rings is 1. The van der Waals surface area contributed by atoms with Gasteiger partial charge in [-0.3, -0.25) is 4.79 Å². The second kappa shape index (κ2) is 10.3. The van der Waals surface area contributed by atoms with Crippen molar-refractivity contribution in [1.29, 1.82) is 0 Å². The van der Waals surface area contributed by atoms with Crippen LogP contribution < -0.4 is 15.2 Å². The number of anilines is 1. The molecule has 0 saturated heterocycles. The fraction of sp³-hybridized carbons (Fsp3) is 0.421. The Balaban J connectivity index is 2.43. The number of aromatic nitrogens is 3. The van der Waals surface area contributed by atoms with Crippen molar-refractivity contribution in [3.8, 4) is 11.5 Å². The summed E-state index contributed by atoms with van der Waals surface area (Å²) in [5, 5.41) is 17.0. The molecule has 2 rings (SSSR count). The molecule has 0 aliphatic carbocycles. The Morgan fingerprint density at radius 2 is 1.69 bits per heavy atom. The number of nitrogens with two attached hydrogens (primary N) is 1. The molecule has 1 unspecified atom stereocenters. The zero-order chi connectivity index (χ0) is 24.0. The Morgan fingerprint density at radius 3 is 2.25 bits per heavy atom. The molecule has 0 saturated carbocycles. The highest BCUT2D eigenvalue weighted by molar-refractivity contribution is 6.12. The largest absolute Gasteiger partial charge is 0.510 e. The maximum absolute atomic E-state index is 13.2. The normalized spacial score (nSPS) is 11.6. The number of ether oxygens (including phenoxy) is 5. The summed E-state index contributed by atoms with van der Waals surface area (Å²) in [6.45, 7) is 4.15. The monoisotopic (exact) mass is 452 g/mol. The summed E-state index contributed by atoms with van der Waals surface area (Å²) in [6, 6.07) is 2.76. The quantitative estimate of drug-likeness (QED) is 0.323. The number of methoxy groups -OCH3 is 2. The van der Waals surface area contributed by atoms with Gasteiger partial charge in [0.1, 0.15) is 11.8 Å². The van der Waals surface area contributed by atoms with Gasteiger partial charge in [-0.05, 0) is 26.8 Å². The highest BCUT2D eigenvalue weighted by Gasteiger charge is 2.28. The first-order valence-corrected chi connectivity index (χ1v) is 9.31. The van der Waals surface area contributed by atoms with Crippen molar-refractivity contribution in [2.24, 2.45) is 0 Å². The van der Waals surface area contributed by atoms with Gasteiger partial charge < -0.3 is 34.5 Å². The van der Waals surface area contributed by atoms with Crippen LogP contribution in [0.3, 0.4) is 0 Å². The van der Waals surface area contributed by atoms with Crippen LogP contribution in [0.15, 0.2) is 12.1 Å². The average molecular weight is 452 g/mol. The smallest absolute Gasteiger partial charge is 0.493 e. The number of nitrogen functional groups attached to an aromatic ring is 1. The van der Waals surface area contributed by atoms with Crippen LogP contribution in [0.4, 0.5) is 15.3 Å². The fourth-order valence-corrected chi connectivity index (χ4v) is 2.62. The van der Waals surface area contributed by atoms with Gasteiger partial charge in [0.05, 0.1) is 25.9 Å². The van der Waals surface area contributed by atoms with E-state index in [0.29, 0.717) is 5.75 Å². The lowest BCUT2D eigenvalue weighted by Crippen LogP contribution is -2.16. The molecule has 0 fully saturated rings. The van der Waals surface area contributed by atoms with E-state index in [0.717, 1.165) is 4.80 Å². The van der Waals surface area contributed by atoms with E-state index in [1.54, 1.807) is 13.8 Å². The van der Waals surface area contributed by atoms with Crippen LogP contribution in [0.25, 0.3) is 0 Å². The summed E-state index contributed by atoms with van der Waals surface area (Å²) in [4.78, 5) is 36.7. The Kier molecular flexibility index (Phi) is 7.82. The van der Waals surface area contributed by atoms with Crippen molar-refractivity contribution in [2.75, 3.05) is 20.0 Å². The SMILES string of the molecule is COc1cc(N)c(C(=O)c2nn(COC(=O)OC(C)C)nc2C(C)OC(=O)O)cc1OC. The second-order valence-corrected chi connectivity index (χ2v) is 6.65. The summed E-state index contributed by atoms with van der Waals surface area (Å²) < 4.78 is 24.8. The average Bonchev–Trinajstić information content (AvgIpc) is 3.15. The first kappa shape index (κ1) is 24.2. The van der Waals surface area contributed by atoms with Gasteiger partial charge in [-0.1, -0.05) is 0 Å². The predicted molar refractivity (Wildman–Crippen MR) is 108 cm³/mol. The molecule has 32 heavy (non-hydrogen) atoms. The molecule has 0 amide bonds. The van der Waals surface area contributed by atoms with Gasteiger partial charge in [0.25, 0.3) is 0 Å². The molecule has 0 spiro atoms. The summed E-state index contributed by atoms with van der Waals surface area (Å²) in [7, 11) is 2.80. The molecule has 0 aliphatic rings. The Hall–Kier alpha value is -4.03. The van der Waals surface area contributed by atoms with Crippen LogP contribution in [0.2, 0.25) is 0 Å². The Morgan fingerprint density at radius 1 is 1.06 bits per heavy atom. The topological polar surface area (TPSA) is 174 Å². The van der Waals surface area contributed by atoms with E-state index in [9.17, 15) is 14.4 Å². The number of hydrogen-bond donors (Lipinski definition) is 2. The molecule has 174 valence electrons. The van der Waals surface area contributed by atoms with Gasteiger partial charge in [-0.2, -0.15) is 5.10 Å². The van der Waals surface area contributed by atoms with Crippen molar-refractivity contribution in [1.82, 2.24) is 15.0 Å². The van der Waals surface area contributed by atoms with E-state index >= 15 is 0 Å². The molecular formula is C19H24N4O9. The number of nitrogens with zero attached hydrogens (tertiary/aromatic N) is 3. The number of carbonyl (C=O) groups excluding carboxylic acids is 2. The summed E-state index contributed by atoms with van der Waals surface area (Å²) in [5.74, 6) is -0.131. The fourth-order valence-electron chi connectivity index (χ4n) is 2.62. The van der Waals surface area contributed by atoms with Gasteiger partial charge in [0, 0.05) is 11.8 Å². The van der Waals surface area contributed by atoms with Crippen molar-refractivity contribution in [3.63, 3.8) is 0 Å². The number of hydrogen-bond acceptors (Lipinski definition) is 11. The van der Waals surface area contributed by atoms with Gasteiger partial charge in [0.2, 0.25) is 12.5 Å². The van der Waals surface area contributed by atoms with Crippen LogP contribution in [0.5, 0.6) is 11.5 Å².